The lowest BCUT2D eigenvalue weighted by Gasteiger charge is -2.29. The third-order valence-electron chi connectivity index (χ3n) is 3.54. The van der Waals surface area contributed by atoms with Gasteiger partial charge in [-0.3, -0.25) is 0 Å². The Morgan fingerprint density at radius 1 is 0.783 bits per heavy atom. The van der Waals surface area contributed by atoms with Gasteiger partial charge in [0, 0.05) is 0 Å². The fraction of sp³-hybridized carbons (Fsp3) is 0.200. The van der Waals surface area contributed by atoms with E-state index in [2.05, 4.69) is 64.6 Å². The van der Waals surface area contributed by atoms with E-state index < -0.39 is 16.6 Å². The van der Waals surface area contributed by atoms with Gasteiger partial charge in [-0.05, 0) is 48.5 Å². The number of rotatable bonds is 6. The van der Waals surface area contributed by atoms with Crippen molar-refractivity contribution in [3.05, 3.63) is 85.3 Å². The molecule has 1 aliphatic rings. The smallest absolute Gasteiger partial charge is 0.226 e. The van der Waals surface area contributed by atoms with Gasteiger partial charge in [-0.1, -0.05) is 61.0 Å². The molecule has 1 aliphatic carbocycles. The summed E-state index contributed by atoms with van der Waals surface area (Å²) < 4.78 is 5.97. The normalized spacial score (nSPS) is 13.0. The van der Waals surface area contributed by atoms with Gasteiger partial charge in [0.15, 0.2) is 8.32 Å². The summed E-state index contributed by atoms with van der Waals surface area (Å²) in [6.45, 7) is 23.8. The molecular formula is C20H28OSi2. The van der Waals surface area contributed by atoms with Gasteiger partial charge in [-0.15, -0.1) is 13.2 Å². The van der Waals surface area contributed by atoms with Gasteiger partial charge in [0.05, 0.1) is 0 Å². The molecule has 0 N–H and O–H groups in total. The fourth-order valence-corrected chi connectivity index (χ4v) is 8.56. The maximum atomic E-state index is 5.97. The van der Waals surface area contributed by atoms with Gasteiger partial charge in [-0.25, -0.2) is 0 Å². The van der Waals surface area contributed by atoms with Crippen LogP contribution in [0.15, 0.2) is 74.1 Å². The van der Waals surface area contributed by atoms with Crippen LogP contribution in [0.4, 0.5) is 0 Å². The van der Waals surface area contributed by atoms with E-state index in [1.54, 1.807) is 0 Å². The van der Waals surface area contributed by atoms with Crippen LogP contribution < -0.4 is 0 Å². The number of hydrogen-bond donors (Lipinski definition) is 0. The summed E-state index contributed by atoms with van der Waals surface area (Å²) in [5.41, 5.74) is 8.89. The molecule has 0 heterocycles. The lowest BCUT2D eigenvalue weighted by molar-refractivity contribution is 0.571. The summed E-state index contributed by atoms with van der Waals surface area (Å²) >= 11 is 0. The number of fused-ring (bicyclic) bond motifs is 1. The molecule has 0 unspecified atom stereocenters. The highest BCUT2D eigenvalue weighted by Crippen LogP contribution is 2.41. The molecular weight excluding hydrogens is 312 g/mol. The van der Waals surface area contributed by atoms with Crippen molar-refractivity contribution >= 4 is 27.8 Å². The first-order valence-corrected chi connectivity index (χ1v) is 13.7. The van der Waals surface area contributed by atoms with Gasteiger partial charge in [-0.2, -0.15) is 0 Å². The van der Waals surface area contributed by atoms with Crippen LogP contribution in [0.1, 0.15) is 11.1 Å². The van der Waals surface area contributed by atoms with Crippen molar-refractivity contribution in [2.24, 2.45) is 0 Å². The molecule has 0 radical (unpaired) electrons. The Labute approximate surface area is 143 Å². The summed E-state index contributed by atoms with van der Waals surface area (Å²) in [5, 5.41) is 0. The maximum absolute atomic E-state index is 5.97. The molecule has 122 valence electrons. The Bertz CT molecular complexity index is 603. The molecule has 2 rings (SSSR count). The zero-order valence-electron chi connectivity index (χ0n) is 14.9. The number of allylic oxidation sites excluding steroid dienone is 4. The fourth-order valence-electron chi connectivity index (χ4n) is 2.45. The van der Waals surface area contributed by atoms with Gasteiger partial charge >= 0.3 is 0 Å². The third kappa shape index (κ3) is 4.89. The Kier molecular flexibility index (Phi) is 6.50. The molecule has 0 saturated carbocycles. The molecule has 0 saturated heterocycles. The van der Waals surface area contributed by atoms with E-state index in [9.17, 15) is 0 Å². The van der Waals surface area contributed by atoms with Crippen LogP contribution in [-0.2, 0) is 4.12 Å². The lowest BCUT2D eigenvalue weighted by atomic mass is 9.81. The SMILES string of the molecule is C=CC1=C(C=C)c2ccccc21.C=C[Si](C)(C=C)O[Si](C)(C)C. The van der Waals surface area contributed by atoms with Crippen molar-refractivity contribution in [3.8, 4) is 0 Å². The van der Waals surface area contributed by atoms with Crippen LogP contribution in [0, 0.1) is 0 Å². The van der Waals surface area contributed by atoms with E-state index in [1.807, 2.05) is 35.7 Å². The summed E-state index contributed by atoms with van der Waals surface area (Å²) in [5.74, 6) is 0. The average molecular weight is 341 g/mol. The zero-order valence-corrected chi connectivity index (χ0v) is 16.9. The van der Waals surface area contributed by atoms with E-state index in [1.165, 1.54) is 22.3 Å². The highest BCUT2D eigenvalue weighted by molar-refractivity contribution is 6.90. The molecule has 0 bridgehead atoms. The molecule has 1 nitrogen and oxygen atoms in total. The van der Waals surface area contributed by atoms with E-state index in [0.717, 1.165) is 0 Å². The quantitative estimate of drug-likeness (QED) is 0.565. The van der Waals surface area contributed by atoms with Gasteiger partial charge < -0.3 is 4.12 Å². The summed E-state index contributed by atoms with van der Waals surface area (Å²) in [6, 6.07) is 8.31. The summed E-state index contributed by atoms with van der Waals surface area (Å²) in [7, 11) is -3.16. The zero-order chi connectivity index (χ0) is 17.7. The van der Waals surface area contributed by atoms with E-state index in [0.29, 0.717) is 0 Å². The molecule has 0 spiro atoms. The summed E-state index contributed by atoms with van der Waals surface area (Å²) in [6.07, 6.45) is 3.78. The van der Waals surface area contributed by atoms with Crippen LogP contribution >= 0.6 is 0 Å². The van der Waals surface area contributed by atoms with E-state index in [4.69, 9.17) is 4.12 Å². The first-order valence-electron chi connectivity index (χ1n) is 7.77. The van der Waals surface area contributed by atoms with Crippen molar-refractivity contribution in [1.29, 1.82) is 0 Å². The highest BCUT2D eigenvalue weighted by Gasteiger charge is 2.28. The average Bonchev–Trinajstić information content (AvgIpc) is 2.48. The molecule has 0 amide bonds. The topological polar surface area (TPSA) is 9.23 Å². The van der Waals surface area contributed by atoms with Crippen molar-refractivity contribution in [2.75, 3.05) is 0 Å². The Morgan fingerprint density at radius 2 is 1.17 bits per heavy atom. The minimum atomic E-state index is -1.74. The van der Waals surface area contributed by atoms with Gasteiger partial charge in [0.2, 0.25) is 8.32 Å². The maximum Gasteiger partial charge on any atom is 0.226 e. The van der Waals surface area contributed by atoms with Crippen LogP contribution in [-0.4, -0.2) is 16.6 Å². The first-order chi connectivity index (χ1) is 10.7. The third-order valence-corrected chi connectivity index (χ3v) is 9.37. The predicted molar refractivity (Wildman–Crippen MR) is 110 cm³/mol. The molecule has 3 heteroatoms. The molecule has 0 atom stereocenters. The molecule has 1 aromatic carbocycles. The van der Waals surface area contributed by atoms with Crippen molar-refractivity contribution in [2.45, 2.75) is 26.2 Å². The minimum absolute atomic E-state index is 1.22. The number of hydrogen-bond acceptors (Lipinski definition) is 1. The van der Waals surface area contributed by atoms with Crippen LogP contribution in [0.5, 0.6) is 0 Å². The van der Waals surface area contributed by atoms with Crippen LogP contribution in [0.25, 0.3) is 11.1 Å². The van der Waals surface area contributed by atoms with Gasteiger partial charge in [0.1, 0.15) is 0 Å². The minimum Gasteiger partial charge on any atom is -0.450 e. The van der Waals surface area contributed by atoms with E-state index >= 15 is 0 Å². The van der Waals surface area contributed by atoms with Gasteiger partial charge in [0.25, 0.3) is 0 Å². The molecule has 0 fully saturated rings. The number of benzene rings is 1. The van der Waals surface area contributed by atoms with Crippen LogP contribution in [0.2, 0.25) is 26.2 Å². The summed E-state index contributed by atoms with van der Waals surface area (Å²) in [4.78, 5) is 0. The second-order valence-corrected chi connectivity index (χ2v) is 14.8. The Morgan fingerprint density at radius 3 is 1.39 bits per heavy atom. The van der Waals surface area contributed by atoms with E-state index in [-0.39, 0.29) is 0 Å². The standard InChI is InChI=1S/C12H10.C8H18OSi2/c1-3-9-10(4-2)12-8-6-5-7-11(9)12;1-7-11(6,8-2)9-10(3,4)5/h3-8H,1-2H2;7-8H,1-2H2,3-6H3. The molecule has 0 aliphatic heterocycles. The predicted octanol–water partition coefficient (Wildman–Crippen LogP) is 6.15. The lowest BCUT2D eigenvalue weighted by Crippen LogP contribution is -2.41. The second kappa shape index (κ2) is 7.73. The molecule has 0 aromatic heterocycles. The monoisotopic (exact) mass is 340 g/mol. The molecule has 23 heavy (non-hydrogen) atoms. The largest absolute Gasteiger partial charge is 0.450 e. The first kappa shape index (κ1) is 19.4. The Balaban J connectivity index is 0.000000232. The molecule has 1 aromatic rings. The van der Waals surface area contributed by atoms with Crippen molar-refractivity contribution in [1.82, 2.24) is 0 Å². The second-order valence-electron chi connectivity index (χ2n) is 6.59. The van der Waals surface area contributed by atoms with Crippen molar-refractivity contribution < 1.29 is 4.12 Å². The Hall–Kier alpha value is -1.69. The van der Waals surface area contributed by atoms with Crippen LogP contribution in [0.3, 0.4) is 0 Å². The highest BCUT2D eigenvalue weighted by atomic mass is 28.4. The van der Waals surface area contributed by atoms with Crippen molar-refractivity contribution in [3.63, 3.8) is 0 Å².